The van der Waals surface area contributed by atoms with Gasteiger partial charge >= 0.3 is 5.97 Å². The number of anilines is 1. The molecular formula is C16H21NO2. The number of aliphatic carboxylic acids is 1. The maximum absolute atomic E-state index is 11.0. The van der Waals surface area contributed by atoms with E-state index in [4.69, 9.17) is 5.11 Å². The molecule has 1 N–H and O–H groups in total. The largest absolute Gasteiger partial charge is 0.481 e. The first kappa shape index (κ1) is 12.5. The van der Waals surface area contributed by atoms with Gasteiger partial charge in [0, 0.05) is 19.3 Å². The van der Waals surface area contributed by atoms with E-state index >= 15 is 0 Å². The van der Waals surface area contributed by atoms with Gasteiger partial charge in [-0.2, -0.15) is 0 Å². The number of rotatable bonds is 4. The summed E-state index contributed by atoms with van der Waals surface area (Å²) >= 11 is 0. The van der Waals surface area contributed by atoms with Gasteiger partial charge in [0.05, 0.1) is 6.42 Å². The van der Waals surface area contributed by atoms with E-state index in [-0.39, 0.29) is 12.3 Å². The quantitative estimate of drug-likeness (QED) is 0.903. The second-order valence-corrected chi connectivity index (χ2v) is 5.96. The predicted molar refractivity (Wildman–Crippen MR) is 75.8 cm³/mol. The van der Waals surface area contributed by atoms with E-state index in [1.807, 2.05) is 0 Å². The minimum absolute atomic E-state index is 0.218. The number of carboxylic acids is 1. The zero-order valence-electron chi connectivity index (χ0n) is 11.4. The highest BCUT2D eigenvalue weighted by Gasteiger charge is 2.34. The Morgan fingerprint density at radius 3 is 2.95 bits per heavy atom. The van der Waals surface area contributed by atoms with E-state index in [2.05, 4.69) is 30.1 Å². The van der Waals surface area contributed by atoms with Gasteiger partial charge in [0.2, 0.25) is 0 Å². The van der Waals surface area contributed by atoms with Crippen molar-refractivity contribution in [2.75, 3.05) is 18.5 Å². The minimum Gasteiger partial charge on any atom is -0.481 e. The van der Waals surface area contributed by atoms with Gasteiger partial charge in [0.25, 0.3) is 0 Å². The monoisotopic (exact) mass is 259 g/mol. The lowest BCUT2D eigenvalue weighted by Gasteiger charge is -2.28. The van der Waals surface area contributed by atoms with Crippen LogP contribution in [0, 0.1) is 5.92 Å². The molecule has 3 rings (SSSR count). The number of nitrogens with zero attached hydrogens (tertiary/aromatic N) is 1. The standard InChI is InChI=1S/C16H21NO2/c1-17-8-2-3-13-9-12(6-7-15(13)17)14(10-16(18)19)11-4-5-11/h6-7,9,11,14H,2-5,8,10H2,1H3,(H,18,19). The van der Waals surface area contributed by atoms with E-state index in [0.29, 0.717) is 5.92 Å². The molecule has 0 saturated heterocycles. The Bertz CT molecular complexity index is 494. The number of benzene rings is 1. The first-order valence-electron chi connectivity index (χ1n) is 7.21. The molecule has 1 atom stereocenters. The summed E-state index contributed by atoms with van der Waals surface area (Å²) in [4.78, 5) is 13.3. The SMILES string of the molecule is CN1CCCc2cc(C(CC(=O)O)C3CC3)ccc21. The first-order chi connectivity index (χ1) is 9.15. The van der Waals surface area contributed by atoms with Crippen molar-refractivity contribution >= 4 is 11.7 Å². The molecule has 1 fully saturated rings. The van der Waals surface area contributed by atoms with Crippen LogP contribution in [0.2, 0.25) is 0 Å². The lowest BCUT2D eigenvalue weighted by Crippen LogP contribution is -2.24. The third-order valence-electron chi connectivity index (χ3n) is 4.47. The molecule has 0 bridgehead atoms. The van der Waals surface area contributed by atoms with Gasteiger partial charge in [-0.05, 0) is 54.7 Å². The summed E-state index contributed by atoms with van der Waals surface area (Å²) in [5, 5.41) is 9.09. The van der Waals surface area contributed by atoms with E-state index in [9.17, 15) is 4.79 Å². The summed E-state index contributed by atoms with van der Waals surface area (Å²) in [5.41, 5.74) is 3.95. The zero-order chi connectivity index (χ0) is 13.4. The van der Waals surface area contributed by atoms with Crippen molar-refractivity contribution in [3.63, 3.8) is 0 Å². The summed E-state index contributed by atoms with van der Waals surface area (Å²) in [6.07, 6.45) is 4.97. The van der Waals surface area contributed by atoms with Crippen LogP contribution in [0.25, 0.3) is 0 Å². The highest BCUT2D eigenvalue weighted by Crippen LogP contribution is 2.45. The van der Waals surface area contributed by atoms with Crippen molar-refractivity contribution in [2.24, 2.45) is 5.92 Å². The Balaban J connectivity index is 1.89. The second kappa shape index (κ2) is 4.87. The van der Waals surface area contributed by atoms with Gasteiger partial charge in [0.1, 0.15) is 0 Å². The molecule has 0 amide bonds. The fraction of sp³-hybridized carbons (Fsp3) is 0.562. The summed E-state index contributed by atoms with van der Waals surface area (Å²) in [5.74, 6) is 0.136. The number of carboxylic acid groups (broad SMARTS) is 1. The molecule has 0 radical (unpaired) electrons. The van der Waals surface area contributed by atoms with Gasteiger partial charge in [0.15, 0.2) is 0 Å². The summed E-state index contributed by atoms with van der Waals surface area (Å²) < 4.78 is 0. The van der Waals surface area contributed by atoms with Gasteiger partial charge in [-0.1, -0.05) is 12.1 Å². The molecule has 102 valence electrons. The lowest BCUT2D eigenvalue weighted by molar-refractivity contribution is -0.137. The van der Waals surface area contributed by atoms with Crippen LogP contribution < -0.4 is 4.90 Å². The topological polar surface area (TPSA) is 40.5 Å². The first-order valence-corrected chi connectivity index (χ1v) is 7.21. The number of fused-ring (bicyclic) bond motifs is 1. The van der Waals surface area contributed by atoms with Crippen molar-refractivity contribution < 1.29 is 9.90 Å². The molecule has 1 aromatic rings. The second-order valence-electron chi connectivity index (χ2n) is 5.96. The van der Waals surface area contributed by atoms with Gasteiger partial charge in [-0.25, -0.2) is 0 Å². The van der Waals surface area contributed by atoms with Crippen molar-refractivity contribution in [3.05, 3.63) is 29.3 Å². The van der Waals surface area contributed by atoms with Crippen LogP contribution in [0.5, 0.6) is 0 Å². The Morgan fingerprint density at radius 1 is 1.47 bits per heavy atom. The third kappa shape index (κ3) is 2.60. The van der Waals surface area contributed by atoms with Crippen molar-refractivity contribution in [1.82, 2.24) is 0 Å². The number of hydrogen-bond acceptors (Lipinski definition) is 2. The molecule has 1 unspecified atom stereocenters. The van der Waals surface area contributed by atoms with Crippen LogP contribution in [0.1, 0.15) is 42.7 Å². The van der Waals surface area contributed by atoms with E-state index < -0.39 is 5.97 Å². The zero-order valence-corrected chi connectivity index (χ0v) is 11.4. The average molecular weight is 259 g/mol. The Hall–Kier alpha value is -1.51. The highest BCUT2D eigenvalue weighted by molar-refractivity contribution is 5.68. The van der Waals surface area contributed by atoms with Crippen molar-refractivity contribution in [2.45, 2.75) is 38.0 Å². The average Bonchev–Trinajstić information content (AvgIpc) is 3.20. The smallest absolute Gasteiger partial charge is 0.303 e. The van der Waals surface area contributed by atoms with Gasteiger partial charge in [-0.15, -0.1) is 0 Å². The van der Waals surface area contributed by atoms with Crippen molar-refractivity contribution in [3.8, 4) is 0 Å². The van der Waals surface area contributed by atoms with Crippen molar-refractivity contribution in [1.29, 1.82) is 0 Å². The molecular weight excluding hydrogens is 238 g/mol. The molecule has 3 nitrogen and oxygen atoms in total. The molecule has 19 heavy (non-hydrogen) atoms. The van der Waals surface area contributed by atoms with E-state index in [1.54, 1.807) is 0 Å². The molecule has 1 aliphatic heterocycles. The predicted octanol–water partition coefficient (Wildman–Crippen LogP) is 3.04. The van der Waals surface area contributed by atoms with Crippen LogP contribution in [0.15, 0.2) is 18.2 Å². The molecule has 1 aromatic carbocycles. The van der Waals surface area contributed by atoms with Gasteiger partial charge in [-0.3, -0.25) is 4.79 Å². The summed E-state index contributed by atoms with van der Waals surface area (Å²) in [6.45, 7) is 1.12. The Kier molecular flexibility index (Phi) is 3.21. The highest BCUT2D eigenvalue weighted by atomic mass is 16.4. The number of hydrogen-bond donors (Lipinski definition) is 1. The Labute approximate surface area is 114 Å². The van der Waals surface area contributed by atoms with Crippen LogP contribution in [0.4, 0.5) is 5.69 Å². The fourth-order valence-electron chi connectivity index (χ4n) is 3.28. The fourth-order valence-corrected chi connectivity index (χ4v) is 3.28. The lowest BCUT2D eigenvalue weighted by atomic mass is 9.88. The van der Waals surface area contributed by atoms with E-state index in [1.165, 1.54) is 36.1 Å². The summed E-state index contributed by atoms with van der Waals surface area (Å²) in [7, 11) is 2.13. The van der Waals surface area contributed by atoms with Crippen LogP contribution in [-0.2, 0) is 11.2 Å². The molecule has 0 aromatic heterocycles. The molecule has 2 aliphatic rings. The molecule has 1 heterocycles. The molecule has 3 heteroatoms. The third-order valence-corrected chi connectivity index (χ3v) is 4.47. The molecule has 1 aliphatic carbocycles. The maximum atomic E-state index is 11.0. The summed E-state index contributed by atoms with van der Waals surface area (Å²) in [6, 6.07) is 6.59. The van der Waals surface area contributed by atoms with Gasteiger partial charge < -0.3 is 10.0 Å². The Morgan fingerprint density at radius 2 is 2.26 bits per heavy atom. The number of carbonyl (C=O) groups is 1. The number of aryl methyl sites for hydroxylation is 1. The molecule has 1 saturated carbocycles. The van der Waals surface area contributed by atoms with Crippen LogP contribution in [-0.4, -0.2) is 24.7 Å². The molecule has 0 spiro atoms. The van der Waals surface area contributed by atoms with Crippen LogP contribution >= 0.6 is 0 Å². The maximum Gasteiger partial charge on any atom is 0.303 e. The van der Waals surface area contributed by atoms with E-state index in [0.717, 1.165) is 13.0 Å². The minimum atomic E-state index is -0.674. The normalized spacial score (nSPS) is 19.9. The van der Waals surface area contributed by atoms with Crippen LogP contribution in [0.3, 0.4) is 0 Å².